The van der Waals surface area contributed by atoms with Crippen LogP contribution in [0.5, 0.6) is 0 Å². The van der Waals surface area contributed by atoms with Crippen LogP contribution in [0.15, 0.2) is 0 Å². The van der Waals surface area contributed by atoms with Gasteiger partial charge in [-0.05, 0) is 25.7 Å². The highest BCUT2D eigenvalue weighted by Gasteiger charge is 2.13. The number of nitrogens with one attached hydrogen (secondary N) is 1. The van der Waals surface area contributed by atoms with Gasteiger partial charge in [0, 0.05) is 18.7 Å². The maximum Gasteiger partial charge on any atom is 0.133 e. The molecule has 1 saturated carbocycles. The van der Waals surface area contributed by atoms with Crippen LogP contribution >= 0.6 is 24.0 Å². The van der Waals surface area contributed by atoms with Crippen molar-refractivity contribution in [2.45, 2.75) is 45.4 Å². The lowest BCUT2D eigenvalue weighted by Crippen LogP contribution is -2.27. The van der Waals surface area contributed by atoms with E-state index in [0.29, 0.717) is 6.42 Å². The molecule has 1 aliphatic rings. The number of thiocarbonyl (C=S) groups is 1. The summed E-state index contributed by atoms with van der Waals surface area (Å²) in [5.74, 6) is 1.86. The molecule has 0 radical (unpaired) electrons. The van der Waals surface area contributed by atoms with Gasteiger partial charge in [0.2, 0.25) is 0 Å². The maximum atomic E-state index is 10.8. The number of hydrogen-bond donors (Lipinski definition) is 1. The van der Waals surface area contributed by atoms with Crippen LogP contribution in [-0.2, 0) is 4.79 Å². The molecule has 1 fully saturated rings. The fourth-order valence-electron chi connectivity index (χ4n) is 1.96. The van der Waals surface area contributed by atoms with Gasteiger partial charge in [-0.25, -0.2) is 0 Å². The van der Waals surface area contributed by atoms with E-state index in [1.165, 1.54) is 32.1 Å². The van der Waals surface area contributed by atoms with Crippen LogP contribution in [0.3, 0.4) is 0 Å². The molecule has 2 nitrogen and oxygen atoms in total. The van der Waals surface area contributed by atoms with E-state index in [1.807, 2.05) is 0 Å². The van der Waals surface area contributed by atoms with Crippen molar-refractivity contribution in [2.75, 3.05) is 12.3 Å². The Kier molecular flexibility index (Phi) is 7.05. The van der Waals surface area contributed by atoms with Crippen LogP contribution in [0.1, 0.15) is 45.4 Å². The number of carbonyl (C=O) groups is 1. The summed E-state index contributed by atoms with van der Waals surface area (Å²) in [7, 11) is 0. The van der Waals surface area contributed by atoms with Gasteiger partial charge in [0.1, 0.15) is 10.1 Å². The Hall–Kier alpha value is -0.0900. The molecule has 1 aliphatic carbocycles. The minimum Gasteiger partial charge on any atom is -0.371 e. The monoisotopic (exact) mass is 259 g/mol. The van der Waals surface area contributed by atoms with Gasteiger partial charge in [-0.1, -0.05) is 43.2 Å². The van der Waals surface area contributed by atoms with Gasteiger partial charge in [0.15, 0.2) is 0 Å². The Morgan fingerprint density at radius 2 is 2.06 bits per heavy atom. The van der Waals surface area contributed by atoms with Gasteiger partial charge in [0.05, 0.1) is 0 Å². The Bertz CT molecular complexity index is 237. The fraction of sp³-hybridized carbons (Fsp3) is 0.833. The summed E-state index contributed by atoms with van der Waals surface area (Å²) in [5, 5.41) is 3.31. The van der Waals surface area contributed by atoms with Gasteiger partial charge < -0.3 is 5.32 Å². The molecule has 0 bridgehead atoms. The van der Waals surface area contributed by atoms with Crippen molar-refractivity contribution in [1.29, 1.82) is 0 Å². The highest BCUT2D eigenvalue weighted by molar-refractivity contribution is 8.22. The molecule has 92 valence electrons. The molecule has 0 unspecified atom stereocenters. The molecule has 0 aromatic heterocycles. The standard InChI is InChI=1S/C12H21NOS2/c1-10(14)7-8-16-12(15)13-9-11-5-3-2-4-6-11/h11H,2-9H2,1H3,(H,13,15). The van der Waals surface area contributed by atoms with E-state index >= 15 is 0 Å². The summed E-state index contributed by atoms with van der Waals surface area (Å²) >= 11 is 6.81. The normalized spacial score (nSPS) is 17.1. The van der Waals surface area contributed by atoms with Crippen molar-refractivity contribution in [2.24, 2.45) is 5.92 Å². The first-order valence-corrected chi connectivity index (χ1v) is 7.48. The molecule has 0 atom stereocenters. The molecule has 0 aromatic carbocycles. The lowest BCUT2D eigenvalue weighted by Gasteiger charge is -2.22. The van der Waals surface area contributed by atoms with Crippen LogP contribution in [0.4, 0.5) is 0 Å². The van der Waals surface area contributed by atoms with E-state index in [2.05, 4.69) is 5.32 Å². The first-order valence-electron chi connectivity index (χ1n) is 6.08. The van der Waals surface area contributed by atoms with Crippen molar-refractivity contribution in [3.05, 3.63) is 0 Å². The summed E-state index contributed by atoms with van der Waals surface area (Å²) in [6.07, 6.45) is 7.44. The number of Topliss-reactive ketones (excluding diaryl/α,β-unsaturated/α-hetero) is 1. The van der Waals surface area contributed by atoms with Gasteiger partial charge in [-0.3, -0.25) is 4.79 Å². The van der Waals surface area contributed by atoms with E-state index in [1.54, 1.807) is 18.7 Å². The number of carbonyl (C=O) groups excluding carboxylic acids is 1. The Balaban J connectivity index is 2.02. The minimum absolute atomic E-state index is 0.239. The van der Waals surface area contributed by atoms with Gasteiger partial charge in [0.25, 0.3) is 0 Å². The molecule has 0 saturated heterocycles. The second kappa shape index (κ2) is 8.07. The lowest BCUT2D eigenvalue weighted by molar-refractivity contribution is -0.116. The topological polar surface area (TPSA) is 29.1 Å². The molecule has 0 aromatic rings. The number of hydrogen-bond acceptors (Lipinski definition) is 3. The van der Waals surface area contributed by atoms with Crippen molar-refractivity contribution < 1.29 is 4.79 Å². The second-order valence-corrected chi connectivity index (χ2v) is 6.24. The third kappa shape index (κ3) is 6.48. The van der Waals surface area contributed by atoms with Crippen molar-refractivity contribution in [3.8, 4) is 0 Å². The first kappa shape index (κ1) is 14.0. The van der Waals surface area contributed by atoms with Gasteiger partial charge >= 0.3 is 0 Å². The zero-order valence-corrected chi connectivity index (χ0v) is 11.6. The predicted octanol–water partition coefficient (Wildman–Crippen LogP) is 3.15. The van der Waals surface area contributed by atoms with Crippen LogP contribution in [0.25, 0.3) is 0 Å². The fourth-order valence-corrected chi connectivity index (χ4v) is 3.05. The van der Waals surface area contributed by atoms with Crippen LogP contribution in [-0.4, -0.2) is 22.4 Å². The van der Waals surface area contributed by atoms with Gasteiger partial charge in [-0.2, -0.15) is 0 Å². The number of rotatable bonds is 5. The molecule has 16 heavy (non-hydrogen) atoms. The van der Waals surface area contributed by atoms with E-state index in [0.717, 1.165) is 22.5 Å². The van der Waals surface area contributed by atoms with E-state index < -0.39 is 0 Å². The van der Waals surface area contributed by atoms with E-state index in [-0.39, 0.29) is 5.78 Å². The average molecular weight is 259 g/mol. The van der Waals surface area contributed by atoms with Crippen molar-refractivity contribution in [3.63, 3.8) is 0 Å². The third-order valence-electron chi connectivity index (χ3n) is 2.95. The molecule has 4 heteroatoms. The second-order valence-electron chi connectivity index (χ2n) is 4.47. The molecule has 0 spiro atoms. The minimum atomic E-state index is 0.239. The van der Waals surface area contributed by atoms with Crippen LogP contribution in [0, 0.1) is 5.92 Å². The molecule has 0 amide bonds. The number of ketones is 1. The zero-order valence-electron chi connectivity index (χ0n) is 9.96. The summed E-state index contributed by atoms with van der Waals surface area (Å²) < 4.78 is 0.854. The maximum absolute atomic E-state index is 10.8. The van der Waals surface area contributed by atoms with Crippen LogP contribution < -0.4 is 5.32 Å². The largest absolute Gasteiger partial charge is 0.371 e. The summed E-state index contributed by atoms with van der Waals surface area (Å²) in [6.45, 7) is 2.64. The Labute approximate surface area is 108 Å². The third-order valence-corrected chi connectivity index (χ3v) is 4.26. The Morgan fingerprint density at radius 3 is 2.69 bits per heavy atom. The molecule has 0 aliphatic heterocycles. The van der Waals surface area contributed by atoms with E-state index in [9.17, 15) is 4.79 Å². The van der Waals surface area contributed by atoms with Gasteiger partial charge in [-0.15, -0.1) is 0 Å². The summed E-state index contributed by atoms with van der Waals surface area (Å²) in [4.78, 5) is 10.8. The predicted molar refractivity (Wildman–Crippen MR) is 74.9 cm³/mol. The molecule has 0 heterocycles. The van der Waals surface area contributed by atoms with Crippen LogP contribution in [0.2, 0.25) is 0 Å². The zero-order chi connectivity index (χ0) is 11.8. The highest BCUT2D eigenvalue weighted by Crippen LogP contribution is 2.22. The summed E-state index contributed by atoms with van der Waals surface area (Å²) in [5.41, 5.74) is 0. The smallest absolute Gasteiger partial charge is 0.133 e. The SMILES string of the molecule is CC(=O)CCSC(=S)NCC1CCCCC1. The van der Waals surface area contributed by atoms with E-state index in [4.69, 9.17) is 12.2 Å². The average Bonchev–Trinajstić information content (AvgIpc) is 2.27. The number of thioether (sulfide) groups is 1. The molecule has 1 rings (SSSR count). The quantitative estimate of drug-likeness (QED) is 0.768. The summed E-state index contributed by atoms with van der Waals surface area (Å²) in [6, 6.07) is 0. The molecular weight excluding hydrogens is 238 g/mol. The molecular formula is C12H21NOS2. The molecule has 1 N–H and O–H groups in total. The lowest BCUT2D eigenvalue weighted by atomic mass is 9.89. The van der Waals surface area contributed by atoms with Crippen molar-refractivity contribution >= 4 is 34.1 Å². The van der Waals surface area contributed by atoms with Crippen molar-refractivity contribution in [1.82, 2.24) is 5.32 Å². The first-order chi connectivity index (χ1) is 7.68. The highest BCUT2D eigenvalue weighted by atomic mass is 32.2. The Morgan fingerprint density at radius 1 is 1.38 bits per heavy atom.